The average Bonchev–Trinajstić information content (AvgIpc) is 3.33. The van der Waals surface area contributed by atoms with Gasteiger partial charge in [0.1, 0.15) is 10.8 Å². The molecule has 0 radical (unpaired) electrons. The van der Waals surface area contributed by atoms with Crippen LogP contribution in [0.1, 0.15) is 31.8 Å². The number of amides is 2. The Labute approximate surface area is 187 Å². The molecule has 0 fully saturated rings. The third kappa shape index (κ3) is 3.12. The monoisotopic (exact) mass is 442 g/mol. The first-order valence-corrected chi connectivity index (χ1v) is 10.8. The molecule has 0 unspecified atom stereocenters. The molecule has 1 aliphatic heterocycles. The Morgan fingerprint density at radius 3 is 2.56 bits per heavy atom. The number of nitrogen functional groups attached to an aromatic ring is 1. The van der Waals surface area contributed by atoms with E-state index < -0.39 is 17.4 Å². The molecule has 32 heavy (non-hydrogen) atoms. The molecule has 8 heteroatoms. The highest BCUT2D eigenvalue weighted by Crippen LogP contribution is 2.32. The van der Waals surface area contributed by atoms with Crippen LogP contribution in [0.25, 0.3) is 27.5 Å². The molecule has 7 nitrogen and oxygen atoms in total. The molecule has 3 heterocycles. The van der Waals surface area contributed by atoms with Crippen molar-refractivity contribution in [3.63, 3.8) is 0 Å². The van der Waals surface area contributed by atoms with Crippen molar-refractivity contribution in [2.45, 2.75) is 13.8 Å². The van der Waals surface area contributed by atoms with E-state index in [2.05, 4.69) is 37.4 Å². The molecule has 158 valence electrons. The standard InChI is InChI=1S/C24H18N4O3S/c1-12-6-7-16(13(2)8-12)18-11-32-24(26-18)14-4-3-5-15(9-14)28-19(29)10-17-20(21(28)25)23(31)27-22(17)30/h3-11H,25H2,1-2H3,(H,27,30,31). The van der Waals surface area contributed by atoms with Gasteiger partial charge in [-0.25, -0.2) is 4.98 Å². The summed E-state index contributed by atoms with van der Waals surface area (Å²) in [5, 5.41) is 4.97. The van der Waals surface area contributed by atoms with Gasteiger partial charge in [0.2, 0.25) is 0 Å². The second-order valence-corrected chi connectivity index (χ2v) is 8.54. The maximum Gasteiger partial charge on any atom is 0.262 e. The van der Waals surface area contributed by atoms with E-state index in [4.69, 9.17) is 10.7 Å². The molecular weight excluding hydrogens is 424 g/mol. The molecule has 3 N–H and O–H groups in total. The van der Waals surface area contributed by atoms with Gasteiger partial charge in [0.25, 0.3) is 17.4 Å². The first-order chi connectivity index (χ1) is 15.3. The number of nitrogens with two attached hydrogens (primary N) is 1. The van der Waals surface area contributed by atoms with E-state index in [0.29, 0.717) is 5.69 Å². The zero-order chi connectivity index (χ0) is 22.6. The second kappa shape index (κ2) is 7.28. The summed E-state index contributed by atoms with van der Waals surface area (Å²) in [6, 6.07) is 14.6. The van der Waals surface area contributed by atoms with Crippen molar-refractivity contribution in [2.75, 3.05) is 5.73 Å². The van der Waals surface area contributed by atoms with Gasteiger partial charge in [0.05, 0.1) is 22.5 Å². The number of hydrogen-bond donors (Lipinski definition) is 2. The number of pyridine rings is 1. The van der Waals surface area contributed by atoms with Crippen LogP contribution in [0.3, 0.4) is 0 Å². The summed E-state index contributed by atoms with van der Waals surface area (Å²) in [6.45, 7) is 4.12. The highest BCUT2D eigenvalue weighted by atomic mass is 32.1. The lowest BCUT2D eigenvalue weighted by atomic mass is 10.0. The number of carbonyl (C=O) groups is 2. The molecule has 1 aliphatic rings. The molecule has 0 bridgehead atoms. The first-order valence-electron chi connectivity index (χ1n) is 9.88. The highest BCUT2D eigenvalue weighted by molar-refractivity contribution is 7.13. The maximum absolute atomic E-state index is 12.7. The normalized spacial score (nSPS) is 12.7. The third-order valence-electron chi connectivity index (χ3n) is 5.47. The molecule has 0 aliphatic carbocycles. The predicted octanol–water partition coefficient (Wildman–Crippen LogP) is 3.71. The number of fused-ring (bicyclic) bond motifs is 1. The summed E-state index contributed by atoms with van der Waals surface area (Å²) < 4.78 is 1.24. The molecule has 2 amide bonds. The Morgan fingerprint density at radius 1 is 0.969 bits per heavy atom. The number of imide groups is 1. The Morgan fingerprint density at radius 2 is 1.78 bits per heavy atom. The summed E-state index contributed by atoms with van der Waals surface area (Å²) in [5.41, 5.74) is 11.3. The highest BCUT2D eigenvalue weighted by Gasteiger charge is 2.31. The second-order valence-electron chi connectivity index (χ2n) is 7.68. The summed E-state index contributed by atoms with van der Waals surface area (Å²) in [6.07, 6.45) is 0. The first kappa shape index (κ1) is 19.9. The van der Waals surface area contributed by atoms with Gasteiger partial charge in [0, 0.05) is 22.6 Å². The van der Waals surface area contributed by atoms with Crippen LogP contribution in [0.5, 0.6) is 0 Å². The van der Waals surface area contributed by atoms with Gasteiger partial charge in [-0.2, -0.15) is 0 Å². The van der Waals surface area contributed by atoms with Gasteiger partial charge < -0.3 is 5.73 Å². The van der Waals surface area contributed by atoms with Crippen molar-refractivity contribution >= 4 is 29.0 Å². The van der Waals surface area contributed by atoms with E-state index in [0.717, 1.165) is 33.5 Å². The topological polar surface area (TPSA) is 107 Å². The van der Waals surface area contributed by atoms with Gasteiger partial charge in [-0.1, -0.05) is 35.9 Å². The smallest absolute Gasteiger partial charge is 0.262 e. The van der Waals surface area contributed by atoms with E-state index in [1.54, 1.807) is 18.2 Å². The quantitative estimate of drug-likeness (QED) is 0.471. The minimum Gasteiger partial charge on any atom is -0.384 e. The molecule has 0 saturated heterocycles. The lowest BCUT2D eigenvalue weighted by molar-refractivity contribution is 0.0880. The minimum absolute atomic E-state index is 0.00272. The summed E-state index contributed by atoms with van der Waals surface area (Å²) in [7, 11) is 0. The number of thiazole rings is 1. The Balaban J connectivity index is 1.58. The predicted molar refractivity (Wildman–Crippen MR) is 124 cm³/mol. The van der Waals surface area contributed by atoms with Gasteiger partial charge >= 0.3 is 0 Å². The zero-order valence-electron chi connectivity index (χ0n) is 17.3. The van der Waals surface area contributed by atoms with Gasteiger partial charge in [0.15, 0.2) is 0 Å². The van der Waals surface area contributed by atoms with Gasteiger partial charge in [-0.05, 0) is 31.5 Å². The Hall–Kier alpha value is -4.04. The van der Waals surface area contributed by atoms with E-state index in [9.17, 15) is 14.4 Å². The van der Waals surface area contributed by atoms with Crippen LogP contribution in [0.4, 0.5) is 5.82 Å². The van der Waals surface area contributed by atoms with E-state index in [-0.39, 0.29) is 16.9 Å². The largest absolute Gasteiger partial charge is 0.384 e. The van der Waals surface area contributed by atoms with Crippen LogP contribution in [0.2, 0.25) is 0 Å². The fourth-order valence-electron chi connectivity index (χ4n) is 3.95. The van der Waals surface area contributed by atoms with Crippen molar-refractivity contribution in [3.05, 3.63) is 86.5 Å². The van der Waals surface area contributed by atoms with Gasteiger partial charge in [-0.15, -0.1) is 11.3 Å². The van der Waals surface area contributed by atoms with Crippen LogP contribution in [0, 0.1) is 13.8 Å². The number of aromatic nitrogens is 2. The van der Waals surface area contributed by atoms with Crippen molar-refractivity contribution in [1.82, 2.24) is 14.9 Å². The number of anilines is 1. The Kier molecular flexibility index (Phi) is 4.53. The number of rotatable bonds is 3. The number of nitrogens with zero attached hydrogens (tertiary/aromatic N) is 2. The van der Waals surface area contributed by atoms with Crippen LogP contribution in [-0.2, 0) is 0 Å². The SMILES string of the molecule is Cc1ccc(-c2csc(-c3cccc(-n4c(N)c5c(cc4=O)C(=O)NC5=O)c3)n2)c(C)c1. The number of benzene rings is 2. The van der Waals surface area contributed by atoms with E-state index in [1.165, 1.54) is 21.5 Å². The van der Waals surface area contributed by atoms with Crippen LogP contribution < -0.4 is 16.6 Å². The van der Waals surface area contributed by atoms with E-state index >= 15 is 0 Å². The minimum atomic E-state index is -0.614. The summed E-state index contributed by atoms with van der Waals surface area (Å²) >= 11 is 1.50. The molecular formula is C24H18N4O3S. The van der Waals surface area contributed by atoms with Crippen molar-refractivity contribution < 1.29 is 9.59 Å². The van der Waals surface area contributed by atoms with Crippen molar-refractivity contribution in [2.24, 2.45) is 0 Å². The zero-order valence-corrected chi connectivity index (χ0v) is 18.1. The summed E-state index contributed by atoms with van der Waals surface area (Å²) in [5.74, 6) is -1.29. The van der Waals surface area contributed by atoms with Crippen LogP contribution in [-0.4, -0.2) is 21.4 Å². The third-order valence-corrected chi connectivity index (χ3v) is 6.36. The van der Waals surface area contributed by atoms with E-state index in [1.807, 2.05) is 11.4 Å². The number of aryl methyl sites for hydroxylation is 2. The molecule has 0 saturated carbocycles. The molecule has 4 aromatic rings. The van der Waals surface area contributed by atoms with Gasteiger partial charge in [-0.3, -0.25) is 24.3 Å². The Bertz CT molecular complexity index is 1500. The summed E-state index contributed by atoms with van der Waals surface area (Å²) in [4.78, 5) is 41.5. The molecule has 2 aromatic carbocycles. The fourth-order valence-corrected chi connectivity index (χ4v) is 4.77. The number of carbonyl (C=O) groups excluding carboxylic acids is 2. The molecule has 0 spiro atoms. The van der Waals surface area contributed by atoms with Crippen molar-refractivity contribution in [3.8, 4) is 27.5 Å². The van der Waals surface area contributed by atoms with Crippen molar-refractivity contribution in [1.29, 1.82) is 0 Å². The lowest BCUT2D eigenvalue weighted by Crippen LogP contribution is -2.24. The molecule has 2 aromatic heterocycles. The number of hydrogen-bond acceptors (Lipinski definition) is 6. The maximum atomic E-state index is 12.7. The number of nitrogens with one attached hydrogen (secondary N) is 1. The molecule has 0 atom stereocenters. The average molecular weight is 443 g/mol. The molecule has 5 rings (SSSR count). The van der Waals surface area contributed by atoms with Crippen LogP contribution in [0.15, 0.2) is 58.7 Å². The van der Waals surface area contributed by atoms with Crippen LogP contribution >= 0.6 is 11.3 Å². The lowest BCUT2D eigenvalue weighted by Gasteiger charge is -2.12. The fraction of sp³-hybridized carbons (Fsp3) is 0.0833.